The lowest BCUT2D eigenvalue weighted by Gasteiger charge is -2.18. The highest BCUT2D eigenvalue weighted by molar-refractivity contribution is 5.83. The maximum atomic E-state index is 11.9. The molecule has 8 heteroatoms. The molecule has 0 aliphatic carbocycles. The number of nitro groups is 1. The number of carbonyl (C=O) groups excluding carboxylic acids is 1. The molecule has 0 aliphatic heterocycles. The van der Waals surface area contributed by atoms with E-state index >= 15 is 0 Å². The van der Waals surface area contributed by atoms with Crippen LogP contribution in [0.15, 0.2) is 30.3 Å². The summed E-state index contributed by atoms with van der Waals surface area (Å²) in [6, 6.07) is 7.34. The van der Waals surface area contributed by atoms with Gasteiger partial charge in [0.05, 0.1) is 4.92 Å². The number of benzene rings is 1. The smallest absolute Gasteiger partial charge is 0.269 e. The van der Waals surface area contributed by atoms with E-state index in [1.807, 2.05) is 6.92 Å². The lowest BCUT2D eigenvalue weighted by atomic mass is 10.2. The number of hydrogen-bond donors (Lipinski definition) is 1. The molecule has 126 valence electrons. The summed E-state index contributed by atoms with van der Waals surface area (Å²) in [6.45, 7) is 3.57. The molecular formula is C16H19N5O3. The van der Waals surface area contributed by atoms with E-state index in [9.17, 15) is 14.9 Å². The van der Waals surface area contributed by atoms with Crippen molar-refractivity contribution in [1.29, 1.82) is 0 Å². The number of aryl methyl sites for hydroxylation is 1. The van der Waals surface area contributed by atoms with Crippen molar-refractivity contribution in [3.8, 4) is 11.4 Å². The molecule has 0 fully saturated rings. The summed E-state index contributed by atoms with van der Waals surface area (Å²) in [7, 11) is 3.38. The van der Waals surface area contributed by atoms with Crippen LogP contribution in [0.4, 0.5) is 11.5 Å². The number of likely N-dealkylation sites (N-methyl/N-ethyl adjacent to an activating group) is 1. The first-order chi connectivity index (χ1) is 11.3. The number of anilines is 1. The molecule has 0 spiro atoms. The number of hydrogen-bond acceptors (Lipinski definition) is 6. The molecule has 0 saturated heterocycles. The van der Waals surface area contributed by atoms with Gasteiger partial charge >= 0.3 is 0 Å². The zero-order chi connectivity index (χ0) is 17.9. The van der Waals surface area contributed by atoms with Crippen LogP contribution in [0.1, 0.15) is 12.6 Å². The van der Waals surface area contributed by atoms with Gasteiger partial charge in [0.2, 0.25) is 5.91 Å². The SMILES string of the molecule is Cc1cc(N[C@@H](C)C(=O)N(C)C)nc(-c2ccc([N+](=O)[O-])cc2)n1. The lowest BCUT2D eigenvalue weighted by Crippen LogP contribution is -2.36. The molecule has 1 heterocycles. The maximum absolute atomic E-state index is 11.9. The topological polar surface area (TPSA) is 101 Å². The summed E-state index contributed by atoms with van der Waals surface area (Å²) < 4.78 is 0. The molecule has 1 atom stereocenters. The van der Waals surface area contributed by atoms with Gasteiger partial charge in [0.25, 0.3) is 5.69 Å². The molecule has 2 aromatic rings. The van der Waals surface area contributed by atoms with Gasteiger partial charge in [0.15, 0.2) is 5.82 Å². The van der Waals surface area contributed by atoms with E-state index in [0.29, 0.717) is 17.2 Å². The van der Waals surface area contributed by atoms with Crippen molar-refractivity contribution in [3.05, 3.63) is 46.1 Å². The normalized spacial score (nSPS) is 11.7. The van der Waals surface area contributed by atoms with Crippen LogP contribution >= 0.6 is 0 Å². The number of carbonyl (C=O) groups is 1. The number of nitrogens with zero attached hydrogens (tertiary/aromatic N) is 4. The van der Waals surface area contributed by atoms with E-state index in [1.165, 1.54) is 17.0 Å². The second-order valence-electron chi connectivity index (χ2n) is 5.62. The van der Waals surface area contributed by atoms with Gasteiger partial charge in [-0.3, -0.25) is 14.9 Å². The Morgan fingerprint density at radius 3 is 2.42 bits per heavy atom. The number of aromatic nitrogens is 2. The Kier molecular flexibility index (Phi) is 5.08. The highest BCUT2D eigenvalue weighted by Gasteiger charge is 2.16. The average molecular weight is 329 g/mol. The molecule has 0 saturated carbocycles. The zero-order valence-electron chi connectivity index (χ0n) is 14.0. The van der Waals surface area contributed by atoms with Crippen LogP contribution in [0.5, 0.6) is 0 Å². The second-order valence-corrected chi connectivity index (χ2v) is 5.62. The van der Waals surface area contributed by atoms with E-state index in [2.05, 4.69) is 15.3 Å². The van der Waals surface area contributed by atoms with Gasteiger partial charge in [-0.15, -0.1) is 0 Å². The Hall–Kier alpha value is -3.03. The fourth-order valence-electron chi connectivity index (χ4n) is 2.17. The van der Waals surface area contributed by atoms with Crippen molar-refractivity contribution >= 4 is 17.4 Å². The van der Waals surface area contributed by atoms with E-state index in [-0.39, 0.29) is 11.6 Å². The first kappa shape index (κ1) is 17.3. The fraction of sp³-hybridized carbons (Fsp3) is 0.312. The molecule has 1 N–H and O–H groups in total. The van der Waals surface area contributed by atoms with Crippen LogP contribution in [0, 0.1) is 17.0 Å². The largest absolute Gasteiger partial charge is 0.358 e. The van der Waals surface area contributed by atoms with Crippen molar-refractivity contribution in [2.24, 2.45) is 0 Å². The summed E-state index contributed by atoms with van der Waals surface area (Å²) in [5.74, 6) is 0.901. The number of rotatable bonds is 5. The minimum absolute atomic E-state index is 0.00922. The third kappa shape index (κ3) is 4.03. The number of amides is 1. The standard InChI is InChI=1S/C16H19N5O3/c1-10-9-14(18-11(2)16(22)20(3)4)19-15(17-10)12-5-7-13(8-6-12)21(23)24/h5-9,11H,1-4H3,(H,17,18,19)/t11-/m0/s1. The lowest BCUT2D eigenvalue weighted by molar-refractivity contribution is -0.384. The Morgan fingerprint density at radius 2 is 1.88 bits per heavy atom. The van der Waals surface area contributed by atoms with Crippen LogP contribution < -0.4 is 5.32 Å². The van der Waals surface area contributed by atoms with Crippen molar-refractivity contribution in [3.63, 3.8) is 0 Å². The van der Waals surface area contributed by atoms with Crippen LogP contribution in [0.25, 0.3) is 11.4 Å². The Bertz CT molecular complexity index is 759. The van der Waals surface area contributed by atoms with Crippen LogP contribution in [0.2, 0.25) is 0 Å². The quantitative estimate of drug-likeness (QED) is 0.667. The van der Waals surface area contributed by atoms with E-state index in [0.717, 1.165) is 5.69 Å². The van der Waals surface area contributed by atoms with Gasteiger partial charge in [-0.2, -0.15) is 0 Å². The molecule has 24 heavy (non-hydrogen) atoms. The highest BCUT2D eigenvalue weighted by Crippen LogP contribution is 2.21. The minimum atomic E-state index is -0.456. The summed E-state index contributed by atoms with van der Waals surface area (Å²) in [5.41, 5.74) is 1.40. The molecule has 0 aliphatic rings. The van der Waals surface area contributed by atoms with E-state index in [4.69, 9.17) is 0 Å². The molecule has 0 bridgehead atoms. The van der Waals surface area contributed by atoms with Gasteiger partial charge in [-0.05, 0) is 26.0 Å². The predicted octanol–water partition coefficient (Wildman–Crippen LogP) is 2.25. The zero-order valence-corrected chi connectivity index (χ0v) is 14.0. The third-order valence-corrected chi connectivity index (χ3v) is 3.37. The van der Waals surface area contributed by atoms with E-state index in [1.54, 1.807) is 39.2 Å². The first-order valence-corrected chi connectivity index (χ1v) is 7.36. The summed E-state index contributed by atoms with van der Waals surface area (Å²) in [6.07, 6.45) is 0. The van der Waals surface area contributed by atoms with Crippen LogP contribution in [0.3, 0.4) is 0 Å². The van der Waals surface area contributed by atoms with Gasteiger partial charge in [-0.25, -0.2) is 9.97 Å². The molecule has 0 unspecified atom stereocenters. The van der Waals surface area contributed by atoms with Crippen molar-refractivity contribution in [1.82, 2.24) is 14.9 Å². The summed E-state index contributed by atoms with van der Waals surface area (Å²) in [4.78, 5) is 32.5. The van der Waals surface area contributed by atoms with Crippen LogP contribution in [-0.2, 0) is 4.79 Å². The van der Waals surface area contributed by atoms with Gasteiger partial charge in [0.1, 0.15) is 11.9 Å². The van der Waals surface area contributed by atoms with E-state index < -0.39 is 11.0 Å². The second kappa shape index (κ2) is 7.03. The highest BCUT2D eigenvalue weighted by atomic mass is 16.6. The molecule has 2 rings (SSSR count). The Labute approximate surface area is 139 Å². The third-order valence-electron chi connectivity index (χ3n) is 3.37. The molecule has 8 nitrogen and oxygen atoms in total. The Morgan fingerprint density at radius 1 is 1.25 bits per heavy atom. The number of non-ortho nitro benzene ring substituents is 1. The molecule has 1 amide bonds. The predicted molar refractivity (Wildman–Crippen MR) is 90.6 cm³/mol. The van der Waals surface area contributed by atoms with Crippen molar-refractivity contribution in [2.45, 2.75) is 19.9 Å². The monoisotopic (exact) mass is 329 g/mol. The van der Waals surface area contributed by atoms with Gasteiger partial charge in [-0.1, -0.05) is 0 Å². The molecular weight excluding hydrogens is 310 g/mol. The molecule has 1 aromatic heterocycles. The van der Waals surface area contributed by atoms with Crippen molar-refractivity contribution in [2.75, 3.05) is 19.4 Å². The van der Waals surface area contributed by atoms with Gasteiger partial charge in [0, 0.05) is 43.6 Å². The Balaban J connectivity index is 2.28. The molecule has 0 radical (unpaired) electrons. The van der Waals surface area contributed by atoms with Crippen LogP contribution in [-0.4, -0.2) is 45.8 Å². The van der Waals surface area contributed by atoms with Gasteiger partial charge < -0.3 is 10.2 Å². The van der Waals surface area contributed by atoms with Crippen molar-refractivity contribution < 1.29 is 9.72 Å². The first-order valence-electron chi connectivity index (χ1n) is 7.36. The maximum Gasteiger partial charge on any atom is 0.269 e. The minimum Gasteiger partial charge on any atom is -0.358 e. The number of nitro benzene ring substituents is 1. The average Bonchev–Trinajstić information content (AvgIpc) is 2.53. The number of nitrogens with one attached hydrogen (secondary N) is 1. The fourth-order valence-corrected chi connectivity index (χ4v) is 2.17. The summed E-state index contributed by atoms with van der Waals surface area (Å²) in [5, 5.41) is 13.8. The molecule has 1 aromatic carbocycles. The summed E-state index contributed by atoms with van der Waals surface area (Å²) >= 11 is 0.